The van der Waals surface area contributed by atoms with Gasteiger partial charge in [0.15, 0.2) is 0 Å². The number of hydrazine groups is 1. The van der Waals surface area contributed by atoms with E-state index >= 15 is 0 Å². The van der Waals surface area contributed by atoms with Crippen LogP contribution < -0.4 is 10.9 Å². The number of benzene rings is 2. The fraction of sp³-hybridized carbons (Fsp3) is 0.0556. The van der Waals surface area contributed by atoms with E-state index in [1.54, 1.807) is 24.3 Å². The molecule has 0 unspecified atom stereocenters. The molecule has 2 N–H and O–H groups in total. The standard InChI is InChI=1S/C18H14FN3O2S/c19-13-6-8-14(9-7-13)25-11-17(23)21-22-18(24)16-10-5-12-3-1-2-4-15(12)20-16/h1-10H,11H2,(H,21,23)(H,22,24). The highest BCUT2D eigenvalue weighted by atomic mass is 32.2. The lowest BCUT2D eigenvalue weighted by atomic mass is 10.2. The minimum absolute atomic E-state index is 0.0943. The van der Waals surface area contributed by atoms with E-state index in [2.05, 4.69) is 15.8 Å². The van der Waals surface area contributed by atoms with Gasteiger partial charge in [-0.05, 0) is 36.4 Å². The van der Waals surface area contributed by atoms with Crippen molar-refractivity contribution in [1.82, 2.24) is 15.8 Å². The molecule has 0 spiro atoms. The summed E-state index contributed by atoms with van der Waals surface area (Å²) in [6.45, 7) is 0. The Balaban J connectivity index is 1.52. The van der Waals surface area contributed by atoms with E-state index in [4.69, 9.17) is 0 Å². The number of amides is 2. The SMILES string of the molecule is O=C(CSc1ccc(F)cc1)NNC(=O)c1ccc2ccccc2n1. The topological polar surface area (TPSA) is 71.1 Å². The summed E-state index contributed by atoms with van der Waals surface area (Å²) in [5.74, 6) is -1.10. The predicted molar refractivity (Wildman–Crippen MR) is 94.5 cm³/mol. The third kappa shape index (κ3) is 4.54. The zero-order chi connectivity index (χ0) is 17.6. The average molecular weight is 355 g/mol. The molecule has 2 aromatic carbocycles. The van der Waals surface area contributed by atoms with Crippen molar-refractivity contribution < 1.29 is 14.0 Å². The van der Waals surface area contributed by atoms with E-state index in [1.807, 2.05) is 24.3 Å². The highest BCUT2D eigenvalue weighted by molar-refractivity contribution is 8.00. The van der Waals surface area contributed by atoms with Gasteiger partial charge in [-0.3, -0.25) is 20.4 Å². The van der Waals surface area contributed by atoms with Crippen LogP contribution in [0, 0.1) is 5.82 Å². The monoisotopic (exact) mass is 355 g/mol. The molecule has 0 atom stereocenters. The van der Waals surface area contributed by atoms with Crippen molar-refractivity contribution in [2.45, 2.75) is 4.90 Å². The lowest BCUT2D eigenvalue weighted by Gasteiger charge is -2.07. The molecular formula is C18H14FN3O2S. The molecule has 7 heteroatoms. The number of nitrogens with zero attached hydrogens (tertiary/aromatic N) is 1. The largest absolute Gasteiger partial charge is 0.288 e. The number of carbonyl (C=O) groups is 2. The molecule has 0 saturated carbocycles. The van der Waals surface area contributed by atoms with Crippen LogP contribution in [0.15, 0.2) is 65.6 Å². The molecule has 0 aliphatic heterocycles. The van der Waals surface area contributed by atoms with E-state index in [0.717, 1.165) is 10.3 Å². The minimum atomic E-state index is -0.495. The van der Waals surface area contributed by atoms with Crippen LogP contribution in [-0.4, -0.2) is 22.6 Å². The van der Waals surface area contributed by atoms with Gasteiger partial charge >= 0.3 is 0 Å². The van der Waals surface area contributed by atoms with Crippen LogP contribution in [0.1, 0.15) is 10.5 Å². The van der Waals surface area contributed by atoms with Crippen LogP contribution in [-0.2, 0) is 4.79 Å². The molecule has 1 heterocycles. The van der Waals surface area contributed by atoms with Crippen molar-refractivity contribution >= 4 is 34.5 Å². The zero-order valence-corrected chi connectivity index (χ0v) is 13.8. The van der Waals surface area contributed by atoms with Gasteiger partial charge in [-0.15, -0.1) is 11.8 Å². The Morgan fingerprint density at radius 1 is 0.960 bits per heavy atom. The molecule has 25 heavy (non-hydrogen) atoms. The normalized spacial score (nSPS) is 10.4. The fourth-order valence-electron chi connectivity index (χ4n) is 2.10. The molecule has 2 amide bonds. The van der Waals surface area contributed by atoms with Crippen LogP contribution in [0.25, 0.3) is 10.9 Å². The Morgan fingerprint density at radius 2 is 1.72 bits per heavy atom. The van der Waals surface area contributed by atoms with Crippen LogP contribution in [0.3, 0.4) is 0 Å². The molecule has 0 aliphatic carbocycles. The third-order valence-electron chi connectivity index (χ3n) is 3.33. The van der Waals surface area contributed by atoms with E-state index < -0.39 is 5.91 Å². The maximum atomic E-state index is 12.8. The second-order valence-electron chi connectivity index (χ2n) is 5.13. The van der Waals surface area contributed by atoms with Crippen molar-refractivity contribution in [2.75, 3.05) is 5.75 Å². The number of hydrogen-bond acceptors (Lipinski definition) is 4. The Bertz CT molecular complexity index is 916. The zero-order valence-electron chi connectivity index (χ0n) is 13.0. The Kier molecular flexibility index (Phi) is 5.25. The second kappa shape index (κ2) is 7.76. The summed E-state index contributed by atoms with van der Waals surface area (Å²) in [4.78, 5) is 28.9. The summed E-state index contributed by atoms with van der Waals surface area (Å²) in [7, 11) is 0. The maximum Gasteiger partial charge on any atom is 0.288 e. The first-order chi connectivity index (χ1) is 12.1. The number of rotatable bonds is 4. The van der Waals surface area contributed by atoms with Gasteiger partial charge in [0.2, 0.25) is 5.91 Å². The summed E-state index contributed by atoms with van der Waals surface area (Å²) in [5.41, 5.74) is 5.59. The summed E-state index contributed by atoms with van der Waals surface area (Å²) >= 11 is 1.24. The van der Waals surface area contributed by atoms with Gasteiger partial charge in [-0.25, -0.2) is 9.37 Å². The molecular weight excluding hydrogens is 341 g/mol. The van der Waals surface area contributed by atoms with Crippen molar-refractivity contribution in [3.05, 3.63) is 72.2 Å². The lowest BCUT2D eigenvalue weighted by Crippen LogP contribution is -2.42. The van der Waals surface area contributed by atoms with E-state index in [1.165, 1.54) is 23.9 Å². The molecule has 0 bridgehead atoms. The highest BCUT2D eigenvalue weighted by Gasteiger charge is 2.10. The van der Waals surface area contributed by atoms with Crippen molar-refractivity contribution in [2.24, 2.45) is 0 Å². The fourth-order valence-corrected chi connectivity index (χ4v) is 2.80. The molecule has 126 valence electrons. The van der Waals surface area contributed by atoms with E-state index in [9.17, 15) is 14.0 Å². The molecule has 1 aromatic heterocycles. The first kappa shape index (κ1) is 16.9. The molecule has 0 aliphatic rings. The Labute approximate surface area is 147 Å². The van der Waals surface area contributed by atoms with Crippen LogP contribution in [0.2, 0.25) is 0 Å². The molecule has 0 radical (unpaired) electrons. The molecule has 0 saturated heterocycles. The number of thioether (sulfide) groups is 1. The quantitative estimate of drug-likeness (QED) is 0.558. The molecule has 3 aromatic rings. The van der Waals surface area contributed by atoms with Crippen molar-refractivity contribution in [3.63, 3.8) is 0 Å². The summed E-state index contributed by atoms with van der Waals surface area (Å²) in [6.07, 6.45) is 0. The van der Waals surface area contributed by atoms with Gasteiger partial charge in [0.25, 0.3) is 5.91 Å². The number of hydrogen-bond donors (Lipinski definition) is 2. The predicted octanol–water partition coefficient (Wildman–Crippen LogP) is 2.93. The third-order valence-corrected chi connectivity index (χ3v) is 4.34. The highest BCUT2D eigenvalue weighted by Crippen LogP contribution is 2.17. The number of nitrogens with one attached hydrogen (secondary N) is 2. The van der Waals surface area contributed by atoms with Gasteiger partial charge < -0.3 is 0 Å². The number of aromatic nitrogens is 1. The van der Waals surface area contributed by atoms with E-state index in [0.29, 0.717) is 5.52 Å². The van der Waals surface area contributed by atoms with Gasteiger partial charge in [0, 0.05) is 10.3 Å². The maximum absolute atomic E-state index is 12.8. The molecule has 3 rings (SSSR count). The lowest BCUT2D eigenvalue weighted by molar-refractivity contribution is -0.119. The number of para-hydroxylation sites is 1. The minimum Gasteiger partial charge on any atom is -0.272 e. The Morgan fingerprint density at radius 3 is 2.52 bits per heavy atom. The average Bonchev–Trinajstić information content (AvgIpc) is 2.65. The smallest absolute Gasteiger partial charge is 0.272 e. The first-order valence-corrected chi connectivity index (χ1v) is 8.44. The Hall–Kier alpha value is -2.93. The number of carbonyl (C=O) groups excluding carboxylic acids is 2. The van der Waals surface area contributed by atoms with Gasteiger partial charge in [0.05, 0.1) is 11.3 Å². The van der Waals surface area contributed by atoms with Crippen LogP contribution in [0.4, 0.5) is 4.39 Å². The van der Waals surface area contributed by atoms with Crippen molar-refractivity contribution in [1.29, 1.82) is 0 Å². The molecule has 5 nitrogen and oxygen atoms in total. The van der Waals surface area contributed by atoms with Gasteiger partial charge in [-0.2, -0.15) is 0 Å². The van der Waals surface area contributed by atoms with E-state index in [-0.39, 0.29) is 23.2 Å². The number of pyridine rings is 1. The summed E-state index contributed by atoms with van der Waals surface area (Å²) < 4.78 is 12.8. The summed E-state index contributed by atoms with van der Waals surface area (Å²) in [5, 5.41) is 0.929. The van der Waals surface area contributed by atoms with Crippen LogP contribution >= 0.6 is 11.8 Å². The second-order valence-corrected chi connectivity index (χ2v) is 6.18. The van der Waals surface area contributed by atoms with Gasteiger partial charge in [-0.1, -0.05) is 24.3 Å². The number of fused-ring (bicyclic) bond motifs is 1. The van der Waals surface area contributed by atoms with Crippen molar-refractivity contribution in [3.8, 4) is 0 Å². The van der Waals surface area contributed by atoms with Gasteiger partial charge in [0.1, 0.15) is 11.5 Å². The number of halogens is 1. The first-order valence-electron chi connectivity index (χ1n) is 7.45. The molecule has 0 fully saturated rings. The van der Waals surface area contributed by atoms with Crippen LogP contribution in [0.5, 0.6) is 0 Å². The summed E-state index contributed by atoms with van der Waals surface area (Å²) in [6, 6.07) is 16.7.